The van der Waals surface area contributed by atoms with E-state index in [0.717, 1.165) is 29.2 Å². The highest BCUT2D eigenvalue weighted by atomic mass is 15.0. The zero-order valence-electron chi connectivity index (χ0n) is 15.2. The summed E-state index contributed by atoms with van der Waals surface area (Å²) in [6.45, 7) is 5.00. The van der Waals surface area contributed by atoms with Crippen LogP contribution in [0.3, 0.4) is 0 Å². The Labute approximate surface area is 154 Å². The van der Waals surface area contributed by atoms with Crippen LogP contribution in [-0.2, 0) is 12.1 Å². The third kappa shape index (κ3) is 3.21. The third-order valence-corrected chi connectivity index (χ3v) is 4.88. The van der Waals surface area contributed by atoms with Crippen molar-refractivity contribution in [1.82, 2.24) is 10.3 Å². The minimum absolute atomic E-state index is 0.311. The Bertz CT molecular complexity index is 929. The summed E-state index contributed by atoms with van der Waals surface area (Å²) in [6.07, 6.45) is 4.23. The molecule has 0 bridgehead atoms. The van der Waals surface area contributed by atoms with Gasteiger partial charge in [0.25, 0.3) is 0 Å². The Morgan fingerprint density at radius 1 is 0.962 bits per heavy atom. The first-order valence-corrected chi connectivity index (χ1v) is 8.95. The SMILES string of the molecule is Cc1ccc(C2(C)C=C(NCc3ccccc3)c3ccccc3N2)cn1. The largest absolute Gasteiger partial charge is 0.381 e. The van der Waals surface area contributed by atoms with Gasteiger partial charge >= 0.3 is 0 Å². The van der Waals surface area contributed by atoms with Gasteiger partial charge in [-0.25, -0.2) is 0 Å². The monoisotopic (exact) mass is 341 g/mol. The van der Waals surface area contributed by atoms with E-state index in [4.69, 9.17) is 0 Å². The first kappa shape index (κ1) is 16.4. The molecule has 2 N–H and O–H groups in total. The van der Waals surface area contributed by atoms with Crippen LogP contribution in [0.2, 0.25) is 0 Å². The molecule has 26 heavy (non-hydrogen) atoms. The molecule has 3 nitrogen and oxygen atoms in total. The van der Waals surface area contributed by atoms with Crippen LogP contribution in [0, 0.1) is 6.92 Å². The molecule has 3 heteroatoms. The van der Waals surface area contributed by atoms with Gasteiger partial charge in [0.2, 0.25) is 0 Å². The third-order valence-electron chi connectivity index (χ3n) is 4.88. The van der Waals surface area contributed by atoms with E-state index in [-0.39, 0.29) is 5.54 Å². The van der Waals surface area contributed by atoms with E-state index in [1.54, 1.807) is 0 Å². The van der Waals surface area contributed by atoms with Gasteiger partial charge in [-0.05, 0) is 43.2 Å². The van der Waals surface area contributed by atoms with Crippen molar-refractivity contribution in [2.24, 2.45) is 0 Å². The quantitative estimate of drug-likeness (QED) is 0.711. The number of pyridine rings is 1. The zero-order valence-corrected chi connectivity index (χ0v) is 15.2. The molecular formula is C23H23N3. The Kier molecular flexibility index (Phi) is 4.21. The summed E-state index contributed by atoms with van der Waals surface area (Å²) in [4.78, 5) is 4.48. The van der Waals surface area contributed by atoms with Crippen LogP contribution < -0.4 is 10.6 Å². The second-order valence-corrected chi connectivity index (χ2v) is 6.96. The summed E-state index contributed by atoms with van der Waals surface area (Å²) in [5.74, 6) is 0. The Balaban J connectivity index is 1.70. The summed E-state index contributed by atoms with van der Waals surface area (Å²) < 4.78 is 0. The van der Waals surface area contributed by atoms with E-state index >= 15 is 0 Å². The van der Waals surface area contributed by atoms with Crippen molar-refractivity contribution >= 4 is 11.4 Å². The van der Waals surface area contributed by atoms with E-state index in [1.807, 2.05) is 19.2 Å². The maximum absolute atomic E-state index is 4.48. The summed E-state index contributed by atoms with van der Waals surface area (Å²) in [5, 5.41) is 7.31. The van der Waals surface area contributed by atoms with Crippen LogP contribution in [0.15, 0.2) is 79.0 Å². The van der Waals surface area contributed by atoms with E-state index in [2.05, 4.69) is 89.3 Å². The molecule has 3 aromatic rings. The lowest BCUT2D eigenvalue weighted by Gasteiger charge is -2.36. The number of rotatable bonds is 4. The van der Waals surface area contributed by atoms with Gasteiger partial charge in [0, 0.05) is 35.4 Å². The molecule has 0 radical (unpaired) electrons. The summed E-state index contributed by atoms with van der Waals surface area (Å²) in [5.41, 5.74) is 6.61. The molecule has 0 aliphatic carbocycles. The Hall–Kier alpha value is -3.07. The van der Waals surface area contributed by atoms with Gasteiger partial charge in [-0.2, -0.15) is 0 Å². The minimum Gasteiger partial charge on any atom is -0.381 e. The molecule has 0 amide bonds. The lowest BCUT2D eigenvalue weighted by Crippen LogP contribution is -2.35. The number of fused-ring (bicyclic) bond motifs is 1. The van der Waals surface area contributed by atoms with Crippen LogP contribution >= 0.6 is 0 Å². The van der Waals surface area contributed by atoms with Crippen molar-refractivity contribution in [3.05, 3.63) is 101 Å². The van der Waals surface area contributed by atoms with Gasteiger partial charge in [-0.1, -0.05) is 54.6 Å². The predicted octanol–water partition coefficient (Wildman–Crippen LogP) is 4.86. The minimum atomic E-state index is -0.311. The summed E-state index contributed by atoms with van der Waals surface area (Å²) >= 11 is 0. The number of nitrogens with zero attached hydrogens (tertiary/aromatic N) is 1. The normalized spacial score (nSPS) is 18.5. The van der Waals surface area contributed by atoms with E-state index < -0.39 is 0 Å². The molecule has 0 saturated heterocycles. The Morgan fingerprint density at radius 3 is 2.50 bits per heavy atom. The molecule has 1 aliphatic heterocycles. The zero-order chi connectivity index (χ0) is 18.0. The molecule has 2 aromatic carbocycles. The number of benzene rings is 2. The van der Waals surface area contributed by atoms with E-state index in [9.17, 15) is 0 Å². The maximum atomic E-state index is 4.48. The number of hydrogen-bond donors (Lipinski definition) is 2. The number of para-hydroxylation sites is 1. The number of nitrogens with one attached hydrogen (secondary N) is 2. The fraction of sp³-hybridized carbons (Fsp3) is 0.174. The van der Waals surface area contributed by atoms with E-state index in [1.165, 1.54) is 11.1 Å². The number of anilines is 1. The maximum Gasteiger partial charge on any atom is 0.0819 e. The predicted molar refractivity (Wildman–Crippen MR) is 108 cm³/mol. The van der Waals surface area contributed by atoms with Crippen molar-refractivity contribution in [1.29, 1.82) is 0 Å². The first-order chi connectivity index (χ1) is 12.6. The molecule has 130 valence electrons. The second kappa shape index (κ2) is 6.68. The molecule has 0 spiro atoms. The van der Waals surface area contributed by atoms with Crippen molar-refractivity contribution in [3.63, 3.8) is 0 Å². The molecule has 1 aliphatic rings. The average molecular weight is 341 g/mol. The fourth-order valence-electron chi connectivity index (χ4n) is 3.38. The van der Waals surface area contributed by atoms with Gasteiger partial charge in [0.05, 0.1) is 5.54 Å². The lowest BCUT2D eigenvalue weighted by molar-refractivity contribution is 0.672. The van der Waals surface area contributed by atoms with Crippen molar-refractivity contribution in [2.75, 3.05) is 5.32 Å². The first-order valence-electron chi connectivity index (χ1n) is 8.95. The van der Waals surface area contributed by atoms with Crippen LogP contribution in [0.1, 0.15) is 29.3 Å². The summed E-state index contributed by atoms with van der Waals surface area (Å²) in [6, 6.07) is 23.1. The fourth-order valence-corrected chi connectivity index (χ4v) is 3.38. The van der Waals surface area contributed by atoms with Gasteiger partial charge in [-0.15, -0.1) is 0 Å². The molecule has 0 fully saturated rings. The standard InChI is InChI=1S/C23H23N3/c1-17-12-13-19(16-24-17)23(2)14-22(20-10-6-7-11-21(20)26-23)25-15-18-8-4-3-5-9-18/h3-14,16,25-26H,15H2,1-2H3. The van der Waals surface area contributed by atoms with Crippen LogP contribution in [0.25, 0.3) is 5.70 Å². The van der Waals surface area contributed by atoms with Gasteiger partial charge in [0.1, 0.15) is 0 Å². The number of hydrogen-bond acceptors (Lipinski definition) is 3. The highest BCUT2D eigenvalue weighted by Crippen LogP contribution is 2.37. The molecule has 1 unspecified atom stereocenters. The molecule has 1 aromatic heterocycles. The molecule has 1 atom stereocenters. The van der Waals surface area contributed by atoms with Crippen molar-refractivity contribution < 1.29 is 0 Å². The topological polar surface area (TPSA) is 37.0 Å². The smallest absolute Gasteiger partial charge is 0.0819 e. The number of aryl methyl sites for hydroxylation is 1. The van der Waals surface area contributed by atoms with Crippen molar-refractivity contribution in [3.8, 4) is 0 Å². The summed E-state index contributed by atoms with van der Waals surface area (Å²) in [7, 11) is 0. The molecule has 2 heterocycles. The van der Waals surface area contributed by atoms with Crippen molar-refractivity contribution in [2.45, 2.75) is 25.9 Å². The number of aromatic nitrogens is 1. The second-order valence-electron chi connectivity index (χ2n) is 6.96. The molecule has 0 saturated carbocycles. The highest BCUT2D eigenvalue weighted by molar-refractivity contribution is 5.80. The van der Waals surface area contributed by atoms with Gasteiger partial charge in [0.15, 0.2) is 0 Å². The lowest BCUT2D eigenvalue weighted by atomic mass is 9.86. The van der Waals surface area contributed by atoms with Crippen LogP contribution in [0.4, 0.5) is 5.69 Å². The highest BCUT2D eigenvalue weighted by Gasteiger charge is 2.30. The molecular weight excluding hydrogens is 318 g/mol. The van der Waals surface area contributed by atoms with Crippen LogP contribution in [-0.4, -0.2) is 4.98 Å². The van der Waals surface area contributed by atoms with Gasteiger partial charge in [-0.3, -0.25) is 4.98 Å². The molecule has 4 rings (SSSR count). The van der Waals surface area contributed by atoms with Crippen LogP contribution in [0.5, 0.6) is 0 Å². The Morgan fingerprint density at radius 2 is 1.73 bits per heavy atom. The average Bonchev–Trinajstić information content (AvgIpc) is 2.67. The van der Waals surface area contributed by atoms with Gasteiger partial charge < -0.3 is 10.6 Å². The van der Waals surface area contributed by atoms with E-state index in [0.29, 0.717) is 0 Å².